The molecule has 0 heterocycles. The van der Waals surface area contributed by atoms with Crippen LogP contribution in [0.2, 0.25) is 0 Å². The fraction of sp³-hybridized carbons (Fsp3) is 0.364. The molecule has 0 aliphatic heterocycles. The zero-order valence-corrected chi connectivity index (χ0v) is 8.31. The highest BCUT2D eigenvalue weighted by atomic mass is 16.5. The first-order chi connectivity index (χ1) is 6.86. The third-order valence-electron chi connectivity index (χ3n) is 1.80. The SMILES string of the molecule is CCCOc1ccc(C/C=N/O)cc1. The fourth-order valence-corrected chi connectivity index (χ4v) is 1.09. The number of hydrogen-bond donors (Lipinski definition) is 1. The van der Waals surface area contributed by atoms with E-state index in [-0.39, 0.29) is 0 Å². The van der Waals surface area contributed by atoms with Crippen LogP contribution in [0.15, 0.2) is 29.4 Å². The van der Waals surface area contributed by atoms with E-state index in [9.17, 15) is 0 Å². The molecule has 0 aliphatic rings. The average Bonchev–Trinajstić information content (AvgIpc) is 2.25. The van der Waals surface area contributed by atoms with Gasteiger partial charge in [-0.05, 0) is 24.1 Å². The van der Waals surface area contributed by atoms with Gasteiger partial charge in [-0.2, -0.15) is 0 Å². The first-order valence-corrected chi connectivity index (χ1v) is 4.74. The summed E-state index contributed by atoms with van der Waals surface area (Å²) in [5.41, 5.74) is 1.10. The van der Waals surface area contributed by atoms with Crippen molar-refractivity contribution in [2.45, 2.75) is 19.8 Å². The Bertz CT molecular complexity index is 280. The van der Waals surface area contributed by atoms with Crippen molar-refractivity contribution in [3.63, 3.8) is 0 Å². The molecule has 0 aromatic heterocycles. The van der Waals surface area contributed by atoms with Crippen LogP contribution in [0.4, 0.5) is 0 Å². The van der Waals surface area contributed by atoms with Crippen molar-refractivity contribution in [3.05, 3.63) is 29.8 Å². The summed E-state index contributed by atoms with van der Waals surface area (Å²) < 4.78 is 5.43. The number of nitrogens with zero attached hydrogens (tertiary/aromatic N) is 1. The quantitative estimate of drug-likeness (QED) is 0.443. The van der Waals surface area contributed by atoms with Crippen LogP contribution in [0.5, 0.6) is 5.75 Å². The van der Waals surface area contributed by atoms with Gasteiger partial charge in [0.05, 0.1) is 6.61 Å². The summed E-state index contributed by atoms with van der Waals surface area (Å²) in [7, 11) is 0. The third kappa shape index (κ3) is 3.47. The van der Waals surface area contributed by atoms with Crippen LogP contribution in [0, 0.1) is 0 Å². The van der Waals surface area contributed by atoms with Gasteiger partial charge in [-0.1, -0.05) is 19.1 Å². The molecule has 76 valence electrons. The van der Waals surface area contributed by atoms with E-state index < -0.39 is 0 Å². The minimum Gasteiger partial charge on any atom is -0.494 e. The first kappa shape index (κ1) is 10.6. The predicted molar refractivity (Wildman–Crippen MR) is 56.2 cm³/mol. The van der Waals surface area contributed by atoms with E-state index in [2.05, 4.69) is 12.1 Å². The average molecular weight is 193 g/mol. The van der Waals surface area contributed by atoms with Crippen molar-refractivity contribution >= 4 is 6.21 Å². The molecule has 1 rings (SSSR count). The van der Waals surface area contributed by atoms with Gasteiger partial charge in [-0.3, -0.25) is 0 Å². The molecule has 0 unspecified atom stereocenters. The summed E-state index contributed by atoms with van der Waals surface area (Å²) in [6.07, 6.45) is 3.12. The second kappa shape index (κ2) is 6.02. The Balaban J connectivity index is 2.50. The van der Waals surface area contributed by atoms with Crippen molar-refractivity contribution in [1.29, 1.82) is 0 Å². The largest absolute Gasteiger partial charge is 0.494 e. The van der Waals surface area contributed by atoms with E-state index in [1.54, 1.807) is 0 Å². The fourth-order valence-electron chi connectivity index (χ4n) is 1.09. The highest BCUT2D eigenvalue weighted by Crippen LogP contribution is 2.12. The minimum atomic E-state index is 0.643. The highest BCUT2D eigenvalue weighted by molar-refractivity contribution is 5.60. The predicted octanol–water partition coefficient (Wildman–Crippen LogP) is 2.48. The Hall–Kier alpha value is -1.51. The van der Waals surface area contributed by atoms with E-state index in [0.717, 1.165) is 24.3 Å². The third-order valence-corrected chi connectivity index (χ3v) is 1.80. The Morgan fingerprint density at radius 3 is 2.64 bits per heavy atom. The monoisotopic (exact) mass is 193 g/mol. The van der Waals surface area contributed by atoms with Crippen LogP contribution < -0.4 is 4.74 Å². The lowest BCUT2D eigenvalue weighted by molar-refractivity contribution is 0.317. The van der Waals surface area contributed by atoms with Crippen molar-refractivity contribution in [2.24, 2.45) is 5.16 Å². The molecule has 0 fully saturated rings. The van der Waals surface area contributed by atoms with Gasteiger partial charge in [0.25, 0.3) is 0 Å². The molecule has 3 heteroatoms. The van der Waals surface area contributed by atoms with Crippen LogP contribution in [-0.4, -0.2) is 18.0 Å². The molecule has 0 aliphatic carbocycles. The summed E-state index contributed by atoms with van der Waals surface area (Å²) in [5, 5.41) is 11.2. The van der Waals surface area contributed by atoms with Gasteiger partial charge in [0.2, 0.25) is 0 Å². The number of ether oxygens (including phenoxy) is 1. The van der Waals surface area contributed by atoms with Gasteiger partial charge in [0.15, 0.2) is 0 Å². The molecular weight excluding hydrogens is 178 g/mol. The smallest absolute Gasteiger partial charge is 0.119 e. The van der Waals surface area contributed by atoms with E-state index >= 15 is 0 Å². The van der Waals surface area contributed by atoms with Crippen LogP contribution in [0.1, 0.15) is 18.9 Å². The van der Waals surface area contributed by atoms with Crippen LogP contribution in [0.25, 0.3) is 0 Å². The normalized spacial score (nSPS) is 10.6. The molecule has 0 radical (unpaired) electrons. The van der Waals surface area contributed by atoms with E-state index in [4.69, 9.17) is 9.94 Å². The van der Waals surface area contributed by atoms with Gasteiger partial charge >= 0.3 is 0 Å². The van der Waals surface area contributed by atoms with Crippen molar-refractivity contribution in [3.8, 4) is 5.75 Å². The summed E-state index contributed by atoms with van der Waals surface area (Å²) in [6.45, 7) is 2.82. The second-order valence-corrected chi connectivity index (χ2v) is 2.99. The first-order valence-electron chi connectivity index (χ1n) is 4.74. The molecule has 3 nitrogen and oxygen atoms in total. The van der Waals surface area contributed by atoms with Crippen molar-refractivity contribution in [2.75, 3.05) is 6.61 Å². The molecule has 0 saturated heterocycles. The second-order valence-electron chi connectivity index (χ2n) is 2.99. The van der Waals surface area contributed by atoms with Crippen LogP contribution in [0.3, 0.4) is 0 Å². The number of benzene rings is 1. The lowest BCUT2D eigenvalue weighted by Crippen LogP contribution is -1.95. The van der Waals surface area contributed by atoms with Gasteiger partial charge in [-0.15, -0.1) is 5.16 Å². The zero-order valence-electron chi connectivity index (χ0n) is 8.31. The van der Waals surface area contributed by atoms with E-state index in [1.807, 2.05) is 24.3 Å². The number of rotatable bonds is 5. The molecule has 0 amide bonds. The molecule has 0 atom stereocenters. The van der Waals surface area contributed by atoms with Crippen molar-refractivity contribution < 1.29 is 9.94 Å². The number of hydrogen-bond acceptors (Lipinski definition) is 3. The molecule has 1 aromatic carbocycles. The van der Waals surface area contributed by atoms with Crippen LogP contribution in [-0.2, 0) is 6.42 Å². The standard InChI is InChI=1S/C11H15NO2/c1-2-9-14-11-5-3-10(4-6-11)7-8-12-13/h3-6,8,13H,2,7,9H2,1H3/b12-8+. The Labute approximate surface area is 84.0 Å². The maximum atomic E-state index is 8.24. The Kier molecular flexibility index (Phi) is 4.55. The summed E-state index contributed by atoms with van der Waals surface area (Å²) >= 11 is 0. The molecule has 1 aromatic rings. The molecule has 0 bridgehead atoms. The summed E-state index contributed by atoms with van der Waals surface area (Å²) in [6, 6.07) is 7.78. The summed E-state index contributed by atoms with van der Waals surface area (Å²) in [4.78, 5) is 0. The molecular formula is C11H15NO2. The lowest BCUT2D eigenvalue weighted by Gasteiger charge is -2.04. The van der Waals surface area contributed by atoms with E-state index in [0.29, 0.717) is 6.42 Å². The van der Waals surface area contributed by atoms with E-state index in [1.165, 1.54) is 6.21 Å². The van der Waals surface area contributed by atoms with Crippen molar-refractivity contribution in [1.82, 2.24) is 0 Å². The molecule has 0 saturated carbocycles. The lowest BCUT2D eigenvalue weighted by atomic mass is 10.2. The van der Waals surface area contributed by atoms with Gasteiger partial charge in [0, 0.05) is 12.6 Å². The summed E-state index contributed by atoms with van der Waals surface area (Å²) in [5.74, 6) is 0.886. The minimum absolute atomic E-state index is 0.643. The molecule has 14 heavy (non-hydrogen) atoms. The Morgan fingerprint density at radius 2 is 2.07 bits per heavy atom. The zero-order chi connectivity index (χ0) is 10.2. The van der Waals surface area contributed by atoms with Gasteiger partial charge in [-0.25, -0.2) is 0 Å². The number of oxime groups is 1. The Morgan fingerprint density at radius 1 is 1.36 bits per heavy atom. The van der Waals surface area contributed by atoms with Gasteiger partial charge < -0.3 is 9.94 Å². The molecule has 1 N–H and O–H groups in total. The topological polar surface area (TPSA) is 41.8 Å². The van der Waals surface area contributed by atoms with Crippen LogP contribution >= 0.6 is 0 Å². The maximum Gasteiger partial charge on any atom is 0.119 e. The van der Waals surface area contributed by atoms with Gasteiger partial charge in [0.1, 0.15) is 5.75 Å². The highest BCUT2D eigenvalue weighted by Gasteiger charge is 1.93. The molecule has 0 spiro atoms. The maximum absolute atomic E-state index is 8.24.